The maximum atomic E-state index is 11.0. The molecule has 5 heteroatoms. The Balaban J connectivity index is 1.84. The summed E-state index contributed by atoms with van der Waals surface area (Å²) in [5.74, 6) is 0.00138. The van der Waals surface area contributed by atoms with Crippen LogP contribution in [0, 0.1) is 5.92 Å². The molecule has 1 atom stereocenters. The van der Waals surface area contributed by atoms with Crippen LogP contribution in [0.4, 0.5) is 0 Å². The van der Waals surface area contributed by atoms with Gasteiger partial charge in [-0.1, -0.05) is 0 Å². The van der Waals surface area contributed by atoms with Crippen molar-refractivity contribution in [1.82, 2.24) is 4.98 Å². The van der Waals surface area contributed by atoms with Crippen LogP contribution >= 0.6 is 0 Å². The number of carboxylic acids is 1. The highest BCUT2D eigenvalue weighted by atomic mass is 16.5. The highest BCUT2D eigenvalue weighted by molar-refractivity contribution is 5.85. The molecule has 5 nitrogen and oxygen atoms in total. The molecule has 1 aromatic heterocycles. The van der Waals surface area contributed by atoms with Crippen molar-refractivity contribution < 1.29 is 19.4 Å². The molecule has 0 radical (unpaired) electrons. The van der Waals surface area contributed by atoms with Crippen LogP contribution in [0.25, 0.3) is 0 Å². The van der Waals surface area contributed by atoms with Crippen LogP contribution in [0.2, 0.25) is 0 Å². The Morgan fingerprint density at radius 2 is 2.26 bits per heavy atom. The summed E-state index contributed by atoms with van der Waals surface area (Å²) in [4.78, 5) is 15.1. The first-order chi connectivity index (χ1) is 9.24. The molecule has 1 aliphatic carbocycles. The summed E-state index contributed by atoms with van der Waals surface area (Å²) in [6, 6.07) is 3.29. The summed E-state index contributed by atoms with van der Waals surface area (Å²) < 4.78 is 11.3. The topological polar surface area (TPSA) is 68.7 Å². The van der Waals surface area contributed by atoms with Gasteiger partial charge in [0.15, 0.2) is 5.69 Å². The number of carbonyl (C=O) groups is 1. The maximum absolute atomic E-state index is 11.0. The van der Waals surface area contributed by atoms with E-state index in [9.17, 15) is 4.79 Å². The van der Waals surface area contributed by atoms with Crippen molar-refractivity contribution in [3.63, 3.8) is 0 Å². The number of rotatable bonds is 5. The Labute approximate surface area is 111 Å². The van der Waals surface area contributed by atoms with E-state index in [2.05, 4.69) is 4.98 Å². The van der Waals surface area contributed by atoms with E-state index < -0.39 is 5.97 Å². The van der Waals surface area contributed by atoms with Crippen LogP contribution in [-0.2, 0) is 4.74 Å². The lowest BCUT2D eigenvalue weighted by molar-refractivity contribution is 0.0687. The minimum atomic E-state index is -1.03. The van der Waals surface area contributed by atoms with Crippen LogP contribution in [-0.4, -0.2) is 29.3 Å². The van der Waals surface area contributed by atoms with Gasteiger partial charge in [-0.15, -0.1) is 0 Å². The zero-order valence-corrected chi connectivity index (χ0v) is 10.7. The first-order valence-electron chi connectivity index (χ1n) is 6.72. The summed E-state index contributed by atoms with van der Waals surface area (Å²) in [6.45, 7) is 1.36. The lowest BCUT2D eigenvalue weighted by Gasteiger charge is -2.15. The Morgan fingerprint density at radius 3 is 2.89 bits per heavy atom. The first kappa shape index (κ1) is 12.4. The SMILES string of the molecule is O=C(O)c1ccc(C2CCCO2)c(OCC2CC2)n1. The van der Waals surface area contributed by atoms with Gasteiger partial charge in [-0.3, -0.25) is 0 Å². The molecule has 1 N–H and O–H groups in total. The monoisotopic (exact) mass is 263 g/mol. The lowest BCUT2D eigenvalue weighted by Crippen LogP contribution is -2.10. The zero-order chi connectivity index (χ0) is 13.2. The van der Waals surface area contributed by atoms with Gasteiger partial charge in [-0.2, -0.15) is 0 Å². The van der Waals surface area contributed by atoms with Gasteiger partial charge in [0.1, 0.15) is 0 Å². The molecule has 19 heavy (non-hydrogen) atoms. The Bertz CT molecular complexity index is 478. The number of hydrogen-bond acceptors (Lipinski definition) is 4. The van der Waals surface area contributed by atoms with Crippen LogP contribution in [0.5, 0.6) is 5.88 Å². The molecule has 1 saturated carbocycles. The second-order valence-electron chi connectivity index (χ2n) is 5.15. The zero-order valence-electron chi connectivity index (χ0n) is 10.7. The predicted molar refractivity (Wildman–Crippen MR) is 67.3 cm³/mol. The highest BCUT2D eigenvalue weighted by Gasteiger charge is 2.26. The molecule has 1 unspecified atom stereocenters. The largest absolute Gasteiger partial charge is 0.477 e. The van der Waals surface area contributed by atoms with Crippen LogP contribution in [0.15, 0.2) is 12.1 Å². The normalized spacial score (nSPS) is 22.4. The lowest BCUT2D eigenvalue weighted by atomic mass is 10.1. The van der Waals surface area contributed by atoms with Crippen LogP contribution < -0.4 is 4.74 Å². The van der Waals surface area contributed by atoms with E-state index in [0.29, 0.717) is 18.4 Å². The van der Waals surface area contributed by atoms with E-state index in [4.69, 9.17) is 14.6 Å². The van der Waals surface area contributed by atoms with Gasteiger partial charge in [0.2, 0.25) is 5.88 Å². The second-order valence-corrected chi connectivity index (χ2v) is 5.15. The second kappa shape index (κ2) is 5.17. The molecule has 0 spiro atoms. The van der Waals surface area contributed by atoms with Crippen LogP contribution in [0.1, 0.15) is 47.8 Å². The number of nitrogens with zero attached hydrogens (tertiary/aromatic N) is 1. The third-order valence-electron chi connectivity index (χ3n) is 3.54. The smallest absolute Gasteiger partial charge is 0.354 e. The van der Waals surface area contributed by atoms with E-state index in [-0.39, 0.29) is 11.8 Å². The third kappa shape index (κ3) is 2.87. The molecule has 3 rings (SSSR count). The fraction of sp³-hybridized carbons (Fsp3) is 0.571. The summed E-state index contributed by atoms with van der Waals surface area (Å²) in [5.41, 5.74) is 0.899. The number of pyridine rings is 1. The van der Waals surface area contributed by atoms with E-state index in [1.165, 1.54) is 18.9 Å². The minimum Gasteiger partial charge on any atom is -0.477 e. The average molecular weight is 263 g/mol. The van der Waals surface area contributed by atoms with Gasteiger partial charge in [-0.25, -0.2) is 9.78 Å². The van der Waals surface area contributed by atoms with Gasteiger partial charge in [-0.05, 0) is 43.7 Å². The van der Waals surface area contributed by atoms with Gasteiger partial charge in [0.25, 0.3) is 0 Å². The third-order valence-corrected chi connectivity index (χ3v) is 3.54. The number of aromatic nitrogens is 1. The molecule has 102 valence electrons. The van der Waals surface area contributed by atoms with Gasteiger partial charge < -0.3 is 14.6 Å². The van der Waals surface area contributed by atoms with Crippen molar-refractivity contribution in [3.05, 3.63) is 23.4 Å². The van der Waals surface area contributed by atoms with Crippen molar-refractivity contribution in [1.29, 1.82) is 0 Å². The van der Waals surface area contributed by atoms with Gasteiger partial charge >= 0.3 is 5.97 Å². The molecule has 0 amide bonds. The maximum Gasteiger partial charge on any atom is 0.354 e. The van der Waals surface area contributed by atoms with Gasteiger partial charge in [0, 0.05) is 12.2 Å². The first-order valence-corrected chi connectivity index (χ1v) is 6.72. The highest BCUT2D eigenvalue weighted by Crippen LogP contribution is 2.35. The predicted octanol–water partition coefficient (Wildman–Crippen LogP) is 2.42. The average Bonchev–Trinajstić information content (AvgIpc) is 3.08. The van der Waals surface area contributed by atoms with Crippen molar-refractivity contribution in [3.8, 4) is 5.88 Å². The minimum absolute atomic E-state index is 0.00968. The number of aromatic carboxylic acids is 1. The molecule has 1 aliphatic heterocycles. The Kier molecular flexibility index (Phi) is 3.38. The van der Waals surface area contributed by atoms with Crippen molar-refractivity contribution in [2.75, 3.05) is 13.2 Å². The van der Waals surface area contributed by atoms with E-state index in [1.54, 1.807) is 6.07 Å². The standard InChI is InChI=1S/C14H17NO4/c16-14(17)11-6-5-10(12-2-1-7-18-12)13(15-11)19-8-9-3-4-9/h5-6,9,12H,1-4,7-8H2,(H,16,17). The fourth-order valence-corrected chi connectivity index (χ4v) is 2.24. The fourth-order valence-electron chi connectivity index (χ4n) is 2.24. The molecular weight excluding hydrogens is 246 g/mol. The molecule has 1 saturated heterocycles. The number of ether oxygens (including phenoxy) is 2. The van der Waals surface area contributed by atoms with E-state index in [1.807, 2.05) is 0 Å². The molecule has 1 aromatic rings. The number of hydrogen-bond donors (Lipinski definition) is 1. The summed E-state index contributed by atoms with van der Waals surface area (Å²) in [6.07, 6.45) is 4.33. The molecule has 2 fully saturated rings. The number of carboxylic acid groups (broad SMARTS) is 1. The van der Waals surface area contributed by atoms with E-state index in [0.717, 1.165) is 25.0 Å². The van der Waals surface area contributed by atoms with Crippen molar-refractivity contribution in [2.45, 2.75) is 31.8 Å². The molecule has 0 aromatic carbocycles. The molecular formula is C14H17NO4. The van der Waals surface area contributed by atoms with Crippen molar-refractivity contribution in [2.24, 2.45) is 5.92 Å². The van der Waals surface area contributed by atoms with Gasteiger partial charge in [0.05, 0.1) is 12.7 Å². The molecule has 0 bridgehead atoms. The molecule has 2 heterocycles. The van der Waals surface area contributed by atoms with E-state index >= 15 is 0 Å². The van der Waals surface area contributed by atoms with Crippen LogP contribution in [0.3, 0.4) is 0 Å². The quantitative estimate of drug-likeness (QED) is 0.883. The summed E-state index contributed by atoms with van der Waals surface area (Å²) in [7, 11) is 0. The molecule has 2 aliphatic rings. The summed E-state index contributed by atoms with van der Waals surface area (Å²) >= 11 is 0. The Hall–Kier alpha value is -1.62. The van der Waals surface area contributed by atoms with Crippen molar-refractivity contribution >= 4 is 5.97 Å². The summed E-state index contributed by atoms with van der Waals surface area (Å²) in [5, 5.41) is 9.01. The Morgan fingerprint density at radius 1 is 1.42 bits per heavy atom.